The van der Waals surface area contributed by atoms with Crippen molar-refractivity contribution in [2.24, 2.45) is 0 Å². The van der Waals surface area contributed by atoms with E-state index in [1.165, 1.54) is 42.1 Å². The maximum atomic E-state index is 12.7. The normalized spacial score (nSPS) is 18.9. The number of ether oxygens (including phenoxy) is 1. The van der Waals surface area contributed by atoms with Crippen LogP contribution in [0.2, 0.25) is 0 Å². The molecule has 0 radical (unpaired) electrons. The van der Waals surface area contributed by atoms with Gasteiger partial charge in [-0.15, -0.1) is 0 Å². The largest absolute Gasteiger partial charge is 0.379 e. The third-order valence-corrected chi connectivity index (χ3v) is 7.67. The molecular weight excluding hydrogens is 434 g/mol. The summed E-state index contributed by atoms with van der Waals surface area (Å²) in [7, 11) is -3.57. The lowest BCUT2D eigenvalue weighted by atomic mass is 10.2. The van der Waals surface area contributed by atoms with Gasteiger partial charge in [0.25, 0.3) is 0 Å². The molecule has 2 aliphatic rings. The van der Waals surface area contributed by atoms with Gasteiger partial charge in [-0.3, -0.25) is 4.79 Å². The van der Waals surface area contributed by atoms with Crippen LogP contribution < -0.4 is 5.32 Å². The number of carbonyl (C=O) groups excluding carboxylic acids is 1. The Kier molecular flexibility index (Phi) is 7.51. The highest BCUT2D eigenvalue weighted by molar-refractivity contribution is 7.89. The highest BCUT2D eigenvalue weighted by Gasteiger charge is 2.26. The molecule has 1 aromatic heterocycles. The number of morpholine rings is 1. The molecule has 4 rings (SSSR count). The van der Waals surface area contributed by atoms with Crippen molar-refractivity contribution in [3.05, 3.63) is 30.2 Å². The summed E-state index contributed by atoms with van der Waals surface area (Å²) in [5, 5.41) is 6.69. The van der Waals surface area contributed by atoms with Crippen LogP contribution in [0.4, 0.5) is 0 Å². The Balaban J connectivity index is 1.34. The zero-order chi connectivity index (χ0) is 22.4. The number of hydrogen-bond acceptors (Lipinski definition) is 8. The molecule has 0 unspecified atom stereocenters. The van der Waals surface area contributed by atoms with Gasteiger partial charge in [0, 0.05) is 31.7 Å². The first-order chi connectivity index (χ1) is 15.5. The Bertz CT molecular complexity index is 994. The Morgan fingerprint density at radius 3 is 2.38 bits per heavy atom. The number of nitrogens with one attached hydrogen (secondary N) is 1. The van der Waals surface area contributed by atoms with E-state index in [9.17, 15) is 13.2 Å². The van der Waals surface area contributed by atoms with Gasteiger partial charge in [-0.2, -0.15) is 9.29 Å². The minimum atomic E-state index is -3.57. The zero-order valence-electron chi connectivity index (χ0n) is 18.0. The molecule has 1 N–H and O–H groups in total. The standard InChI is InChI=1S/C21H29N5O5S/c27-20(22-9-12-25-10-3-1-2-4-11-25)21-23-19(24-31-21)17-5-7-18(8-6-17)32(28,29)26-13-15-30-16-14-26/h5-8H,1-4,9-16H2,(H,22,27). The van der Waals surface area contributed by atoms with E-state index in [-0.39, 0.29) is 16.6 Å². The molecule has 2 fully saturated rings. The van der Waals surface area contributed by atoms with E-state index in [4.69, 9.17) is 9.26 Å². The van der Waals surface area contributed by atoms with Crippen molar-refractivity contribution in [2.45, 2.75) is 30.6 Å². The Morgan fingerprint density at radius 2 is 1.69 bits per heavy atom. The van der Waals surface area contributed by atoms with Gasteiger partial charge in [0.1, 0.15) is 0 Å². The molecule has 3 heterocycles. The van der Waals surface area contributed by atoms with Gasteiger partial charge in [0.2, 0.25) is 15.8 Å². The second-order valence-electron chi connectivity index (χ2n) is 7.98. The maximum absolute atomic E-state index is 12.7. The predicted molar refractivity (Wildman–Crippen MR) is 117 cm³/mol. The molecule has 32 heavy (non-hydrogen) atoms. The SMILES string of the molecule is O=C(NCCN1CCCCCC1)c1nc(-c2ccc(S(=O)(=O)N3CCOCC3)cc2)no1. The number of benzene rings is 1. The molecule has 0 spiro atoms. The van der Waals surface area contributed by atoms with Crippen molar-refractivity contribution in [2.75, 3.05) is 52.5 Å². The van der Waals surface area contributed by atoms with E-state index in [0.717, 1.165) is 19.6 Å². The number of aromatic nitrogens is 2. The summed E-state index contributed by atoms with van der Waals surface area (Å²) >= 11 is 0. The van der Waals surface area contributed by atoms with Gasteiger partial charge >= 0.3 is 11.8 Å². The first kappa shape index (κ1) is 22.8. The molecule has 1 aromatic carbocycles. The number of carbonyl (C=O) groups is 1. The molecular formula is C21H29N5O5S. The monoisotopic (exact) mass is 463 g/mol. The predicted octanol–water partition coefficient (Wildman–Crippen LogP) is 1.36. The lowest BCUT2D eigenvalue weighted by molar-refractivity contribution is 0.0730. The second-order valence-corrected chi connectivity index (χ2v) is 9.91. The number of nitrogens with zero attached hydrogens (tertiary/aromatic N) is 4. The fourth-order valence-corrected chi connectivity index (χ4v) is 5.32. The Morgan fingerprint density at radius 1 is 1.00 bits per heavy atom. The van der Waals surface area contributed by atoms with Crippen molar-refractivity contribution in [3.8, 4) is 11.4 Å². The van der Waals surface area contributed by atoms with Gasteiger partial charge in [-0.25, -0.2) is 8.42 Å². The van der Waals surface area contributed by atoms with Gasteiger partial charge in [0.15, 0.2) is 0 Å². The molecule has 2 aromatic rings. The molecule has 10 nitrogen and oxygen atoms in total. The van der Waals surface area contributed by atoms with Gasteiger partial charge < -0.3 is 19.5 Å². The van der Waals surface area contributed by atoms with Gasteiger partial charge in [-0.1, -0.05) is 18.0 Å². The number of likely N-dealkylation sites (tertiary alicyclic amines) is 1. The first-order valence-corrected chi connectivity index (χ1v) is 12.5. The van der Waals surface area contributed by atoms with E-state index < -0.39 is 15.9 Å². The topological polar surface area (TPSA) is 118 Å². The summed E-state index contributed by atoms with van der Waals surface area (Å²) in [5.74, 6) is -0.288. The Hall–Kier alpha value is -2.34. The lowest BCUT2D eigenvalue weighted by Crippen LogP contribution is -2.40. The fraction of sp³-hybridized carbons (Fsp3) is 0.571. The fourth-order valence-electron chi connectivity index (χ4n) is 3.91. The van der Waals surface area contributed by atoms with E-state index in [2.05, 4.69) is 20.4 Å². The minimum absolute atomic E-state index is 0.110. The van der Waals surface area contributed by atoms with Crippen molar-refractivity contribution >= 4 is 15.9 Å². The van der Waals surface area contributed by atoms with Crippen LogP contribution in [0, 0.1) is 0 Å². The molecule has 0 atom stereocenters. The van der Waals surface area contributed by atoms with Crippen molar-refractivity contribution < 1.29 is 22.5 Å². The molecule has 174 valence electrons. The van der Waals surface area contributed by atoms with E-state index >= 15 is 0 Å². The zero-order valence-corrected chi connectivity index (χ0v) is 18.8. The summed E-state index contributed by atoms with van der Waals surface area (Å²) in [6, 6.07) is 6.24. The average Bonchev–Trinajstić information content (AvgIpc) is 3.18. The minimum Gasteiger partial charge on any atom is -0.379 e. The Labute approximate surface area is 188 Å². The third kappa shape index (κ3) is 5.52. The summed E-state index contributed by atoms with van der Waals surface area (Å²) in [4.78, 5) is 19.1. The summed E-state index contributed by atoms with van der Waals surface area (Å²) < 4.78 is 37.2. The van der Waals surface area contributed by atoms with Crippen molar-refractivity contribution in [3.63, 3.8) is 0 Å². The van der Waals surface area contributed by atoms with Crippen LogP contribution in [0.25, 0.3) is 11.4 Å². The van der Waals surface area contributed by atoms with Crippen LogP contribution in [0.3, 0.4) is 0 Å². The molecule has 2 aliphatic heterocycles. The first-order valence-electron chi connectivity index (χ1n) is 11.1. The smallest absolute Gasteiger partial charge is 0.316 e. The summed E-state index contributed by atoms with van der Waals surface area (Å²) in [6.07, 6.45) is 4.95. The quantitative estimate of drug-likeness (QED) is 0.654. The van der Waals surface area contributed by atoms with Gasteiger partial charge in [0.05, 0.1) is 18.1 Å². The van der Waals surface area contributed by atoms with Gasteiger partial charge in [-0.05, 0) is 50.2 Å². The number of amides is 1. The number of rotatable bonds is 7. The molecule has 0 aliphatic carbocycles. The van der Waals surface area contributed by atoms with Crippen LogP contribution >= 0.6 is 0 Å². The summed E-state index contributed by atoms with van der Waals surface area (Å²) in [6.45, 7) is 4.91. The van der Waals surface area contributed by atoms with Crippen LogP contribution in [-0.4, -0.2) is 86.2 Å². The molecule has 11 heteroatoms. The van der Waals surface area contributed by atoms with Crippen molar-refractivity contribution in [1.82, 2.24) is 24.7 Å². The average molecular weight is 464 g/mol. The maximum Gasteiger partial charge on any atom is 0.316 e. The molecule has 0 saturated carbocycles. The molecule has 0 bridgehead atoms. The number of sulfonamides is 1. The second kappa shape index (κ2) is 10.5. The van der Waals surface area contributed by atoms with E-state index in [1.807, 2.05) is 0 Å². The third-order valence-electron chi connectivity index (χ3n) is 5.75. The molecule has 2 saturated heterocycles. The van der Waals surface area contributed by atoms with Crippen LogP contribution in [0.1, 0.15) is 36.4 Å². The highest BCUT2D eigenvalue weighted by Crippen LogP contribution is 2.22. The lowest BCUT2D eigenvalue weighted by Gasteiger charge is -2.26. The van der Waals surface area contributed by atoms with E-state index in [1.54, 1.807) is 12.1 Å². The van der Waals surface area contributed by atoms with Crippen LogP contribution in [0.15, 0.2) is 33.7 Å². The van der Waals surface area contributed by atoms with Crippen LogP contribution in [-0.2, 0) is 14.8 Å². The van der Waals surface area contributed by atoms with Crippen LogP contribution in [0.5, 0.6) is 0 Å². The highest BCUT2D eigenvalue weighted by atomic mass is 32.2. The van der Waals surface area contributed by atoms with E-state index in [0.29, 0.717) is 38.4 Å². The number of hydrogen-bond donors (Lipinski definition) is 1. The summed E-state index contributed by atoms with van der Waals surface area (Å²) in [5.41, 5.74) is 0.568. The van der Waals surface area contributed by atoms with Crippen molar-refractivity contribution in [1.29, 1.82) is 0 Å². The molecule has 1 amide bonds.